The smallest absolute Gasteiger partial charge is 0.0468 e. The van der Waals surface area contributed by atoms with E-state index in [4.69, 9.17) is 10.5 Å². The van der Waals surface area contributed by atoms with Crippen LogP contribution in [-0.2, 0) is 4.74 Å². The van der Waals surface area contributed by atoms with E-state index in [0.717, 1.165) is 25.6 Å². The fourth-order valence-corrected chi connectivity index (χ4v) is 1.88. The van der Waals surface area contributed by atoms with E-state index in [0.29, 0.717) is 6.04 Å². The first-order chi connectivity index (χ1) is 6.50. The molecule has 1 unspecified atom stereocenters. The van der Waals surface area contributed by atoms with E-state index in [9.17, 15) is 0 Å². The summed E-state index contributed by atoms with van der Waals surface area (Å²) < 4.78 is 5.34. The van der Waals surface area contributed by atoms with Crippen LogP contribution in [0.2, 0.25) is 0 Å². The van der Waals surface area contributed by atoms with E-state index in [1.54, 1.807) is 0 Å². The van der Waals surface area contributed by atoms with Gasteiger partial charge in [0.2, 0.25) is 0 Å². The molecule has 0 amide bonds. The van der Waals surface area contributed by atoms with Crippen LogP contribution in [-0.4, -0.2) is 19.3 Å². The number of nitrogens with two attached hydrogens (primary N) is 1. The Bertz CT molecular complexity index is 156. The quantitative estimate of drug-likeness (QED) is 0.758. The van der Waals surface area contributed by atoms with Gasteiger partial charge in [0.1, 0.15) is 0 Å². The third kappa shape index (κ3) is 3.97. The minimum Gasteiger partial charge on any atom is -0.381 e. The maximum absolute atomic E-state index is 6.14. The van der Waals surface area contributed by atoms with E-state index in [2.05, 4.69) is 20.8 Å². The van der Waals surface area contributed by atoms with Gasteiger partial charge in [-0.2, -0.15) is 0 Å². The van der Waals surface area contributed by atoms with Gasteiger partial charge < -0.3 is 10.5 Å². The minimum atomic E-state index is 0.255. The summed E-state index contributed by atoms with van der Waals surface area (Å²) in [6, 6.07) is 0.338. The molecule has 84 valence electrons. The van der Waals surface area contributed by atoms with E-state index >= 15 is 0 Å². The molecule has 2 heteroatoms. The van der Waals surface area contributed by atoms with E-state index in [-0.39, 0.29) is 5.41 Å². The topological polar surface area (TPSA) is 35.2 Å². The molecular weight excluding hydrogens is 174 g/mol. The third-order valence-corrected chi connectivity index (χ3v) is 3.34. The molecule has 2 nitrogen and oxygen atoms in total. The number of ether oxygens (including phenoxy) is 1. The third-order valence-electron chi connectivity index (χ3n) is 3.34. The Balaban J connectivity index is 2.19. The number of hydrogen-bond donors (Lipinski definition) is 1. The summed E-state index contributed by atoms with van der Waals surface area (Å²) >= 11 is 0. The molecule has 0 radical (unpaired) electrons. The summed E-state index contributed by atoms with van der Waals surface area (Å²) in [6.45, 7) is 8.58. The van der Waals surface area contributed by atoms with Crippen molar-refractivity contribution in [2.75, 3.05) is 13.2 Å². The van der Waals surface area contributed by atoms with Crippen molar-refractivity contribution >= 4 is 0 Å². The predicted molar refractivity (Wildman–Crippen MR) is 60.2 cm³/mol. The molecule has 1 saturated heterocycles. The molecule has 1 fully saturated rings. The predicted octanol–water partition coefficient (Wildman–Crippen LogP) is 2.57. The van der Waals surface area contributed by atoms with Crippen LogP contribution in [0.3, 0.4) is 0 Å². The van der Waals surface area contributed by atoms with Crippen molar-refractivity contribution in [3.8, 4) is 0 Å². The van der Waals surface area contributed by atoms with Crippen LogP contribution >= 0.6 is 0 Å². The van der Waals surface area contributed by atoms with Gasteiger partial charge in [0, 0.05) is 19.3 Å². The van der Waals surface area contributed by atoms with Crippen LogP contribution in [0, 0.1) is 11.3 Å². The van der Waals surface area contributed by atoms with Crippen LogP contribution in [0.25, 0.3) is 0 Å². The SMILES string of the molecule is CC(C)(C)C(N)CCC1CCOCC1. The van der Waals surface area contributed by atoms with Gasteiger partial charge >= 0.3 is 0 Å². The van der Waals surface area contributed by atoms with Crippen LogP contribution in [0.15, 0.2) is 0 Å². The van der Waals surface area contributed by atoms with Gasteiger partial charge in [0.15, 0.2) is 0 Å². The first-order valence-electron chi connectivity index (χ1n) is 5.83. The second-order valence-corrected chi connectivity index (χ2v) is 5.61. The van der Waals surface area contributed by atoms with Crippen LogP contribution in [0.4, 0.5) is 0 Å². The average Bonchev–Trinajstić information content (AvgIpc) is 2.14. The Hall–Kier alpha value is -0.0800. The zero-order valence-corrected chi connectivity index (χ0v) is 9.88. The zero-order valence-electron chi connectivity index (χ0n) is 9.88. The summed E-state index contributed by atoms with van der Waals surface area (Å²) in [4.78, 5) is 0. The van der Waals surface area contributed by atoms with Gasteiger partial charge in [0.25, 0.3) is 0 Å². The highest BCUT2D eigenvalue weighted by atomic mass is 16.5. The standard InChI is InChI=1S/C12H25NO/c1-12(2,3)11(13)5-4-10-6-8-14-9-7-10/h10-11H,4-9,13H2,1-3H3. The highest BCUT2D eigenvalue weighted by molar-refractivity contribution is 4.78. The molecule has 0 aliphatic carbocycles. The number of rotatable bonds is 3. The lowest BCUT2D eigenvalue weighted by atomic mass is 9.82. The molecule has 0 bridgehead atoms. The van der Waals surface area contributed by atoms with E-state index in [1.165, 1.54) is 19.3 Å². The molecule has 1 atom stereocenters. The Morgan fingerprint density at radius 3 is 2.36 bits per heavy atom. The summed E-state index contributed by atoms with van der Waals surface area (Å²) in [6.07, 6.45) is 4.91. The Morgan fingerprint density at radius 1 is 1.29 bits per heavy atom. The molecule has 0 aromatic carbocycles. The van der Waals surface area contributed by atoms with Gasteiger partial charge in [-0.3, -0.25) is 0 Å². The molecule has 0 aromatic rings. The summed E-state index contributed by atoms with van der Waals surface area (Å²) in [7, 11) is 0. The first-order valence-corrected chi connectivity index (χ1v) is 5.83. The lowest BCUT2D eigenvalue weighted by molar-refractivity contribution is 0.0615. The Kier molecular flexibility index (Phi) is 4.39. The van der Waals surface area contributed by atoms with E-state index in [1.807, 2.05) is 0 Å². The number of hydrogen-bond acceptors (Lipinski definition) is 2. The van der Waals surface area contributed by atoms with Crippen molar-refractivity contribution in [3.05, 3.63) is 0 Å². The summed E-state index contributed by atoms with van der Waals surface area (Å²) in [5.74, 6) is 0.858. The van der Waals surface area contributed by atoms with Crippen molar-refractivity contribution in [1.82, 2.24) is 0 Å². The van der Waals surface area contributed by atoms with Crippen molar-refractivity contribution in [1.29, 1.82) is 0 Å². The molecule has 0 saturated carbocycles. The van der Waals surface area contributed by atoms with Gasteiger partial charge in [-0.15, -0.1) is 0 Å². The molecular formula is C12H25NO. The molecule has 1 aliphatic heterocycles. The van der Waals surface area contributed by atoms with Crippen LogP contribution < -0.4 is 5.73 Å². The maximum atomic E-state index is 6.14. The van der Waals surface area contributed by atoms with Crippen molar-refractivity contribution in [2.24, 2.45) is 17.1 Å². The molecule has 1 heterocycles. The molecule has 2 N–H and O–H groups in total. The highest BCUT2D eigenvalue weighted by Gasteiger charge is 2.22. The van der Waals surface area contributed by atoms with Gasteiger partial charge in [-0.05, 0) is 37.0 Å². The van der Waals surface area contributed by atoms with Crippen molar-refractivity contribution in [3.63, 3.8) is 0 Å². The van der Waals surface area contributed by atoms with Crippen LogP contribution in [0.5, 0.6) is 0 Å². The molecule has 1 rings (SSSR count). The molecule has 0 spiro atoms. The van der Waals surface area contributed by atoms with E-state index < -0.39 is 0 Å². The monoisotopic (exact) mass is 199 g/mol. The van der Waals surface area contributed by atoms with Gasteiger partial charge in [-0.25, -0.2) is 0 Å². The normalized spacial score (nSPS) is 22.3. The lowest BCUT2D eigenvalue weighted by Crippen LogP contribution is -2.35. The maximum Gasteiger partial charge on any atom is 0.0468 e. The minimum absolute atomic E-state index is 0.255. The fraction of sp³-hybridized carbons (Fsp3) is 1.00. The lowest BCUT2D eigenvalue weighted by Gasteiger charge is -2.29. The fourth-order valence-electron chi connectivity index (χ4n) is 1.88. The van der Waals surface area contributed by atoms with Crippen LogP contribution in [0.1, 0.15) is 46.5 Å². The summed E-state index contributed by atoms with van der Waals surface area (Å²) in [5, 5.41) is 0. The first kappa shape index (κ1) is 12.0. The molecule has 0 aromatic heterocycles. The van der Waals surface area contributed by atoms with Gasteiger partial charge in [0.05, 0.1) is 0 Å². The molecule has 1 aliphatic rings. The second kappa shape index (κ2) is 5.13. The van der Waals surface area contributed by atoms with Gasteiger partial charge in [-0.1, -0.05) is 20.8 Å². The molecule has 14 heavy (non-hydrogen) atoms. The highest BCUT2D eigenvalue weighted by Crippen LogP contribution is 2.26. The van der Waals surface area contributed by atoms with Crippen molar-refractivity contribution in [2.45, 2.75) is 52.5 Å². The van der Waals surface area contributed by atoms with Crippen molar-refractivity contribution < 1.29 is 4.74 Å². The summed E-state index contributed by atoms with van der Waals surface area (Å²) in [5.41, 5.74) is 6.39. The largest absolute Gasteiger partial charge is 0.381 e. The Labute approximate surface area is 88.2 Å². The average molecular weight is 199 g/mol. The Morgan fingerprint density at radius 2 is 1.86 bits per heavy atom. The zero-order chi connectivity index (χ0) is 10.6. The second-order valence-electron chi connectivity index (χ2n) is 5.61.